The van der Waals surface area contributed by atoms with Gasteiger partial charge in [-0.05, 0) is 18.2 Å². The van der Waals surface area contributed by atoms with Crippen LogP contribution in [-0.2, 0) is 9.53 Å². The molecule has 1 aliphatic heterocycles. The van der Waals surface area contributed by atoms with Gasteiger partial charge in [0, 0.05) is 35.0 Å². The van der Waals surface area contributed by atoms with Crippen LogP contribution in [0.25, 0.3) is 0 Å². The van der Waals surface area contributed by atoms with E-state index in [1.807, 2.05) is 6.92 Å². The van der Waals surface area contributed by atoms with Gasteiger partial charge < -0.3 is 9.64 Å². The molecule has 1 rings (SSSR count). The van der Waals surface area contributed by atoms with E-state index in [9.17, 15) is 4.79 Å². The number of halogens is 1. The number of carbonyl (C=O) groups is 1. The summed E-state index contributed by atoms with van der Waals surface area (Å²) in [5.41, 5.74) is 0. The van der Waals surface area contributed by atoms with Crippen LogP contribution in [-0.4, -0.2) is 36.6 Å². The van der Waals surface area contributed by atoms with E-state index in [1.54, 1.807) is 4.90 Å². The van der Waals surface area contributed by atoms with Crippen molar-refractivity contribution >= 4 is 21.8 Å². The first-order chi connectivity index (χ1) is 6.25. The average Bonchev–Trinajstić information content (AvgIpc) is 2.30. The lowest BCUT2D eigenvalue weighted by atomic mass is 10.3. The lowest BCUT2D eigenvalue weighted by Gasteiger charge is -2.23. The summed E-state index contributed by atoms with van der Waals surface area (Å²) in [6.07, 6.45) is 0.889. The molecule has 3 nitrogen and oxygen atoms in total. The minimum atomic E-state index is -0.130. The van der Waals surface area contributed by atoms with E-state index in [1.165, 1.54) is 0 Å². The molecule has 1 amide bonds. The second kappa shape index (κ2) is 5.25. The molecule has 0 bridgehead atoms. The van der Waals surface area contributed by atoms with E-state index in [-0.39, 0.29) is 11.9 Å². The van der Waals surface area contributed by atoms with Crippen LogP contribution >= 0.6 is 15.9 Å². The van der Waals surface area contributed by atoms with Crippen molar-refractivity contribution in [1.29, 1.82) is 0 Å². The van der Waals surface area contributed by atoms with Gasteiger partial charge >= 0.3 is 0 Å². The van der Waals surface area contributed by atoms with Crippen molar-refractivity contribution in [3.63, 3.8) is 0 Å². The highest BCUT2D eigenvalue weighted by Gasteiger charge is 2.20. The highest BCUT2D eigenvalue weighted by molar-refractivity contribution is 9.12. The van der Waals surface area contributed by atoms with Crippen molar-refractivity contribution in [3.8, 4) is 10.8 Å². The molecule has 13 heavy (non-hydrogen) atoms. The number of hydrogen-bond donors (Lipinski definition) is 0. The first-order valence-corrected chi connectivity index (χ1v) is 5.05. The molecule has 4 heteroatoms. The van der Waals surface area contributed by atoms with Crippen molar-refractivity contribution in [1.82, 2.24) is 4.90 Å². The zero-order valence-electron chi connectivity index (χ0n) is 7.55. The van der Waals surface area contributed by atoms with Crippen LogP contribution in [0.2, 0.25) is 0 Å². The van der Waals surface area contributed by atoms with Gasteiger partial charge in [-0.2, -0.15) is 0 Å². The van der Waals surface area contributed by atoms with E-state index in [2.05, 4.69) is 26.7 Å². The van der Waals surface area contributed by atoms with Gasteiger partial charge in [-0.25, -0.2) is 0 Å². The molecular formula is C9H12BrNO2. The van der Waals surface area contributed by atoms with Gasteiger partial charge in [0.15, 0.2) is 0 Å². The molecule has 0 spiro atoms. The third-order valence-corrected chi connectivity index (χ3v) is 2.19. The number of hydrogen-bond acceptors (Lipinski definition) is 2. The topological polar surface area (TPSA) is 29.5 Å². The van der Waals surface area contributed by atoms with Crippen LogP contribution in [0.15, 0.2) is 0 Å². The van der Waals surface area contributed by atoms with Crippen LogP contribution in [0.1, 0.15) is 13.3 Å². The first kappa shape index (κ1) is 10.6. The Bertz CT molecular complexity index is 244. The Hall–Kier alpha value is -0.530. The van der Waals surface area contributed by atoms with Crippen molar-refractivity contribution < 1.29 is 9.53 Å². The van der Waals surface area contributed by atoms with E-state index < -0.39 is 0 Å². The molecular weight excluding hydrogens is 234 g/mol. The Labute approximate surface area is 86.6 Å². The molecule has 0 aromatic rings. The summed E-state index contributed by atoms with van der Waals surface area (Å²) in [7, 11) is 0. The van der Waals surface area contributed by atoms with Crippen LogP contribution in [0.3, 0.4) is 0 Å². The molecule has 0 saturated carbocycles. The Kier molecular flexibility index (Phi) is 4.26. The molecule has 0 aromatic carbocycles. The summed E-state index contributed by atoms with van der Waals surface area (Å²) in [5, 5.41) is 0. The summed E-state index contributed by atoms with van der Waals surface area (Å²) >= 11 is 2.92. The maximum atomic E-state index is 11.4. The van der Waals surface area contributed by atoms with Crippen LogP contribution in [0.5, 0.6) is 0 Å². The molecule has 0 aliphatic carbocycles. The number of ether oxygens (including phenoxy) is 1. The van der Waals surface area contributed by atoms with E-state index in [4.69, 9.17) is 4.74 Å². The third kappa shape index (κ3) is 3.02. The van der Waals surface area contributed by atoms with Crippen molar-refractivity contribution in [2.45, 2.75) is 19.4 Å². The fourth-order valence-electron chi connectivity index (χ4n) is 1.32. The summed E-state index contributed by atoms with van der Waals surface area (Å²) in [6.45, 7) is 4.05. The summed E-state index contributed by atoms with van der Waals surface area (Å²) in [6, 6.07) is 0.128. The van der Waals surface area contributed by atoms with Crippen LogP contribution in [0.4, 0.5) is 0 Å². The lowest BCUT2D eigenvalue weighted by molar-refractivity contribution is -0.127. The smallest absolute Gasteiger partial charge is 0.299 e. The van der Waals surface area contributed by atoms with E-state index in [0.717, 1.165) is 19.6 Å². The molecule has 1 heterocycles. The van der Waals surface area contributed by atoms with E-state index >= 15 is 0 Å². The number of nitrogens with zero attached hydrogens (tertiary/aromatic N) is 1. The molecule has 1 unspecified atom stereocenters. The van der Waals surface area contributed by atoms with Gasteiger partial charge in [0.05, 0.1) is 12.6 Å². The molecule has 1 atom stereocenters. The molecule has 1 saturated heterocycles. The van der Waals surface area contributed by atoms with Gasteiger partial charge in [0.2, 0.25) is 0 Å². The van der Waals surface area contributed by atoms with Gasteiger partial charge in [-0.1, -0.05) is 0 Å². The highest BCUT2D eigenvalue weighted by atomic mass is 79.9. The second-order valence-corrected chi connectivity index (χ2v) is 3.39. The van der Waals surface area contributed by atoms with Gasteiger partial charge in [-0.15, -0.1) is 0 Å². The van der Waals surface area contributed by atoms with Gasteiger partial charge in [0.25, 0.3) is 5.91 Å². The Morgan fingerprint density at radius 2 is 2.46 bits per heavy atom. The lowest BCUT2D eigenvalue weighted by Crippen LogP contribution is -2.39. The molecule has 1 aliphatic rings. The normalized spacial score (nSPS) is 22.9. The zero-order valence-corrected chi connectivity index (χ0v) is 9.13. The zero-order chi connectivity index (χ0) is 9.68. The standard InChI is InChI=1S/C9H12BrNO2/c1-8-7-13-6-2-5-11(8)9(12)3-4-10/h8H,2,5-7H2,1H3. The predicted molar refractivity (Wildman–Crippen MR) is 53.3 cm³/mol. The Balaban J connectivity index is 2.62. The maximum absolute atomic E-state index is 11.4. The maximum Gasteiger partial charge on any atom is 0.299 e. The van der Waals surface area contributed by atoms with Gasteiger partial charge in [0.1, 0.15) is 0 Å². The summed E-state index contributed by atoms with van der Waals surface area (Å²) < 4.78 is 5.31. The molecule has 0 aromatic heterocycles. The van der Waals surface area contributed by atoms with Crippen LogP contribution in [0, 0.1) is 10.8 Å². The Morgan fingerprint density at radius 3 is 3.15 bits per heavy atom. The predicted octanol–water partition coefficient (Wildman–Crippen LogP) is 0.980. The number of amides is 1. The molecule has 0 N–H and O–H groups in total. The first-order valence-electron chi connectivity index (χ1n) is 4.25. The van der Waals surface area contributed by atoms with E-state index in [0.29, 0.717) is 6.61 Å². The number of rotatable bonds is 0. The third-order valence-electron chi connectivity index (χ3n) is 1.99. The molecule has 0 radical (unpaired) electrons. The SMILES string of the molecule is CC1COCCCN1C(=O)C#CBr. The van der Waals surface area contributed by atoms with Crippen molar-refractivity contribution in [2.24, 2.45) is 0 Å². The van der Waals surface area contributed by atoms with Gasteiger partial charge in [-0.3, -0.25) is 4.79 Å². The summed E-state index contributed by atoms with van der Waals surface area (Å²) in [5.74, 6) is 2.34. The van der Waals surface area contributed by atoms with Crippen molar-refractivity contribution in [2.75, 3.05) is 19.8 Å². The Morgan fingerprint density at radius 1 is 1.69 bits per heavy atom. The van der Waals surface area contributed by atoms with Crippen LogP contribution < -0.4 is 0 Å². The minimum absolute atomic E-state index is 0.128. The summed E-state index contributed by atoms with van der Waals surface area (Å²) in [4.78, 5) is 15.6. The molecule has 1 fully saturated rings. The second-order valence-electron chi connectivity index (χ2n) is 3.00. The minimum Gasteiger partial charge on any atom is -0.379 e. The van der Waals surface area contributed by atoms with Crippen molar-refractivity contribution in [3.05, 3.63) is 0 Å². The monoisotopic (exact) mass is 245 g/mol. The fourth-order valence-corrected chi connectivity index (χ4v) is 1.48. The quantitative estimate of drug-likeness (QED) is 0.596. The molecule has 72 valence electrons. The fraction of sp³-hybridized carbons (Fsp3) is 0.667. The number of carbonyl (C=O) groups excluding carboxylic acids is 1. The largest absolute Gasteiger partial charge is 0.379 e. The highest BCUT2D eigenvalue weighted by Crippen LogP contribution is 2.06. The average molecular weight is 246 g/mol.